The van der Waals surface area contributed by atoms with Gasteiger partial charge in [0.15, 0.2) is 0 Å². The van der Waals surface area contributed by atoms with E-state index >= 15 is 0 Å². The molecule has 0 saturated heterocycles. The van der Waals surface area contributed by atoms with Crippen LogP contribution in [0.15, 0.2) is 0 Å². The van der Waals surface area contributed by atoms with Gasteiger partial charge >= 0.3 is 6.13 Å². The molecule has 16 heavy (non-hydrogen) atoms. The molecule has 0 saturated carbocycles. The van der Waals surface area contributed by atoms with E-state index in [1.807, 2.05) is 11.4 Å². The number of hydrogen-bond acceptors (Lipinski definition) is 3. The average Bonchev–Trinajstić information content (AvgIpc) is 2.28. The van der Waals surface area contributed by atoms with Crippen LogP contribution >= 0.6 is 17.5 Å². The van der Waals surface area contributed by atoms with Gasteiger partial charge in [-0.1, -0.05) is 52.4 Å². The minimum absolute atomic E-state index is 0.620. The molecule has 0 aliphatic carbocycles. The molecule has 4 heteroatoms. The van der Waals surface area contributed by atoms with Crippen molar-refractivity contribution in [2.45, 2.75) is 65.2 Å². The normalized spacial score (nSPS) is 11.8. The maximum atomic E-state index is 5.57. The largest absolute Gasteiger partial charge is 0.414 e. The zero-order chi connectivity index (χ0) is 12.1. The highest BCUT2D eigenvalue weighted by Gasteiger charge is 2.12. The van der Waals surface area contributed by atoms with Crippen molar-refractivity contribution in [2.75, 3.05) is 12.4 Å². The second-order valence-electron chi connectivity index (χ2n) is 4.01. The van der Waals surface area contributed by atoms with E-state index in [2.05, 4.69) is 13.8 Å². The van der Waals surface area contributed by atoms with Gasteiger partial charge in [0.2, 0.25) is 11.8 Å². The molecule has 0 aliphatic rings. The molecule has 1 nitrogen and oxygen atoms in total. The molecule has 0 N–H and O–H groups in total. The van der Waals surface area contributed by atoms with Crippen molar-refractivity contribution in [1.82, 2.24) is 0 Å². The van der Waals surface area contributed by atoms with Crippen molar-refractivity contribution in [3.05, 3.63) is 0 Å². The Labute approximate surface area is 111 Å². The number of unbranched alkanes of at least 4 members (excludes halogenated alkanes) is 6. The van der Waals surface area contributed by atoms with E-state index in [4.69, 9.17) is 16.3 Å². The molecule has 0 rings (SSSR count). The quantitative estimate of drug-likeness (QED) is 0.337. The summed E-state index contributed by atoms with van der Waals surface area (Å²) in [6, 6.07) is 0. The first kappa shape index (κ1) is 16.8. The Morgan fingerprint density at radius 1 is 0.938 bits per heavy atom. The number of rotatable bonds is 12. The molecule has 0 aromatic carbocycles. The summed E-state index contributed by atoms with van der Waals surface area (Å²) in [6.45, 7) is 5.29. The summed E-state index contributed by atoms with van der Waals surface area (Å²) < 4.78 is 5.57. The van der Waals surface area contributed by atoms with Crippen molar-refractivity contribution in [3.8, 4) is 0 Å². The molecule has 0 heterocycles. The Balaban J connectivity index is 3.09. The lowest BCUT2D eigenvalue weighted by molar-refractivity contribution is 0.357. The highest BCUT2D eigenvalue weighted by molar-refractivity contribution is 8.62. The molecule has 0 radical (unpaired) electrons. The van der Waals surface area contributed by atoms with Crippen LogP contribution < -0.4 is 0 Å². The summed E-state index contributed by atoms with van der Waals surface area (Å²) >= 11 is 7.12. The molecular formula is C12H26OPS2+. The summed E-state index contributed by atoms with van der Waals surface area (Å²) in [5, 5.41) is 0. The Kier molecular flexibility index (Phi) is 14.6. The third-order valence-electron chi connectivity index (χ3n) is 2.39. The summed E-state index contributed by atoms with van der Waals surface area (Å²) in [6.07, 6.45) is 9.90. The smallest absolute Gasteiger partial charge is 0.158 e. The fourth-order valence-electron chi connectivity index (χ4n) is 1.34. The van der Waals surface area contributed by atoms with Gasteiger partial charge in [0.25, 0.3) is 0 Å². The van der Waals surface area contributed by atoms with Crippen molar-refractivity contribution < 1.29 is 4.52 Å². The van der Waals surface area contributed by atoms with Gasteiger partial charge in [-0.25, -0.2) is 0 Å². The molecule has 0 aromatic heterocycles. The lowest BCUT2D eigenvalue weighted by Gasteiger charge is -1.97. The van der Waals surface area contributed by atoms with Crippen LogP contribution in [0.1, 0.15) is 65.2 Å². The summed E-state index contributed by atoms with van der Waals surface area (Å²) in [7, 11) is 0. The minimum Gasteiger partial charge on any atom is -0.158 e. The highest BCUT2D eigenvalue weighted by atomic mass is 32.9. The van der Waals surface area contributed by atoms with Crippen molar-refractivity contribution in [1.29, 1.82) is 0 Å². The van der Waals surface area contributed by atoms with Crippen LogP contribution in [0, 0.1) is 0 Å². The molecule has 0 amide bonds. The first-order valence-corrected chi connectivity index (χ1v) is 10.4. The summed E-state index contributed by atoms with van der Waals surface area (Å²) in [5.41, 5.74) is 0. The highest BCUT2D eigenvalue weighted by Crippen LogP contribution is 2.39. The minimum atomic E-state index is -0.620. The first-order valence-electron chi connectivity index (χ1n) is 6.54. The van der Waals surface area contributed by atoms with Gasteiger partial charge in [0, 0.05) is 5.75 Å². The van der Waals surface area contributed by atoms with E-state index in [1.165, 1.54) is 50.7 Å². The predicted molar refractivity (Wildman–Crippen MR) is 81.0 cm³/mol. The molecular weight excluding hydrogens is 255 g/mol. The Hall–Kier alpha value is 0.830. The SMILES string of the molecule is CCCCCCCCS[P+](=S)OCCCC. The molecule has 0 spiro atoms. The predicted octanol–water partition coefficient (Wildman–Crippen LogP) is 5.67. The van der Waals surface area contributed by atoms with Gasteiger partial charge in [0.05, 0.1) is 0 Å². The van der Waals surface area contributed by atoms with Gasteiger partial charge in [-0.05, 0) is 12.8 Å². The molecule has 0 aromatic rings. The Morgan fingerprint density at radius 3 is 2.25 bits per heavy atom. The summed E-state index contributed by atoms with van der Waals surface area (Å²) in [5.74, 6) is 1.19. The fraction of sp³-hybridized carbons (Fsp3) is 1.00. The van der Waals surface area contributed by atoms with Gasteiger partial charge in [-0.3, -0.25) is 0 Å². The molecule has 1 unspecified atom stereocenters. The van der Waals surface area contributed by atoms with E-state index in [0.29, 0.717) is 0 Å². The van der Waals surface area contributed by atoms with E-state index in [-0.39, 0.29) is 0 Å². The van der Waals surface area contributed by atoms with E-state index < -0.39 is 6.13 Å². The fourth-order valence-corrected chi connectivity index (χ4v) is 4.35. The molecule has 1 atom stereocenters. The third-order valence-corrected chi connectivity index (χ3v) is 6.23. The zero-order valence-electron chi connectivity index (χ0n) is 10.7. The molecule has 0 aliphatic heterocycles. The zero-order valence-corrected chi connectivity index (χ0v) is 13.3. The topological polar surface area (TPSA) is 9.23 Å². The van der Waals surface area contributed by atoms with Gasteiger partial charge < -0.3 is 0 Å². The monoisotopic (exact) mass is 281 g/mol. The molecule has 96 valence electrons. The maximum Gasteiger partial charge on any atom is 0.414 e. The van der Waals surface area contributed by atoms with E-state index in [9.17, 15) is 0 Å². The van der Waals surface area contributed by atoms with Crippen LogP contribution in [0.2, 0.25) is 0 Å². The Bertz CT molecular complexity index is 165. The lowest BCUT2D eigenvalue weighted by Crippen LogP contribution is -1.84. The molecule has 0 fully saturated rings. The Morgan fingerprint density at radius 2 is 1.56 bits per heavy atom. The van der Waals surface area contributed by atoms with Gasteiger partial charge in [-0.15, -0.1) is 0 Å². The van der Waals surface area contributed by atoms with E-state index in [0.717, 1.165) is 13.0 Å². The number of hydrogen-bond donors (Lipinski definition) is 0. The maximum absolute atomic E-state index is 5.57. The first-order chi connectivity index (χ1) is 7.81. The second-order valence-corrected chi connectivity index (χ2v) is 8.84. The van der Waals surface area contributed by atoms with Crippen LogP contribution in [0.25, 0.3) is 0 Å². The van der Waals surface area contributed by atoms with Gasteiger partial charge in [-0.2, -0.15) is 4.52 Å². The van der Waals surface area contributed by atoms with Gasteiger partial charge in [0.1, 0.15) is 18.0 Å². The standard InChI is InChI=1S/C12H26OPS2/c1-3-5-7-8-9-10-12-16-14(15)13-11-6-4-2/h3-12H2,1-2H3/q+1. The van der Waals surface area contributed by atoms with Crippen LogP contribution in [0.4, 0.5) is 0 Å². The van der Waals surface area contributed by atoms with Crippen molar-refractivity contribution in [3.63, 3.8) is 0 Å². The van der Waals surface area contributed by atoms with Crippen molar-refractivity contribution in [2.24, 2.45) is 0 Å². The third kappa shape index (κ3) is 12.9. The van der Waals surface area contributed by atoms with Crippen LogP contribution in [0.5, 0.6) is 0 Å². The van der Waals surface area contributed by atoms with E-state index in [1.54, 1.807) is 0 Å². The van der Waals surface area contributed by atoms with Crippen LogP contribution in [0.3, 0.4) is 0 Å². The van der Waals surface area contributed by atoms with Crippen LogP contribution in [-0.2, 0) is 16.3 Å². The summed E-state index contributed by atoms with van der Waals surface area (Å²) in [4.78, 5) is 0. The van der Waals surface area contributed by atoms with Crippen molar-refractivity contribution >= 4 is 29.3 Å². The molecule has 0 bridgehead atoms. The average molecular weight is 281 g/mol. The van der Waals surface area contributed by atoms with Crippen LogP contribution in [-0.4, -0.2) is 12.4 Å². The lowest BCUT2D eigenvalue weighted by atomic mass is 10.1. The second kappa shape index (κ2) is 13.9.